The summed E-state index contributed by atoms with van der Waals surface area (Å²) in [6.07, 6.45) is -4.96. The van der Waals surface area contributed by atoms with Crippen molar-refractivity contribution < 1.29 is 23.0 Å². The fourth-order valence-corrected chi connectivity index (χ4v) is 4.43. The fraction of sp³-hybridized carbons (Fsp3) is 0.222. The molecule has 3 aromatic rings. The van der Waals surface area contributed by atoms with Gasteiger partial charge in [0.25, 0.3) is 5.72 Å². The van der Waals surface area contributed by atoms with Crippen LogP contribution in [0.1, 0.15) is 5.56 Å². The van der Waals surface area contributed by atoms with Gasteiger partial charge in [-0.15, -0.1) is 0 Å². The Morgan fingerprint density at radius 1 is 1.15 bits per heavy atom. The van der Waals surface area contributed by atoms with Crippen LogP contribution in [0.2, 0.25) is 0 Å². The molecular weight excluding hydrogens is 379 g/mol. The first-order valence-electron chi connectivity index (χ1n) is 8.15. The average molecular weight is 391 g/mol. The molecule has 2 aliphatic heterocycles. The van der Waals surface area contributed by atoms with Crippen molar-refractivity contribution in [2.75, 3.05) is 11.6 Å². The number of aliphatic hydroxyl groups is 1. The molecule has 0 spiro atoms. The zero-order valence-corrected chi connectivity index (χ0v) is 14.5. The van der Waals surface area contributed by atoms with E-state index >= 15 is 0 Å². The van der Waals surface area contributed by atoms with Gasteiger partial charge in [-0.2, -0.15) is 23.3 Å². The van der Waals surface area contributed by atoms with Gasteiger partial charge in [0, 0.05) is 5.56 Å². The zero-order valence-electron chi connectivity index (χ0n) is 13.6. The van der Waals surface area contributed by atoms with E-state index in [1.165, 1.54) is 0 Å². The number of ether oxygens (including phenoxy) is 1. The molecule has 0 fully saturated rings. The Morgan fingerprint density at radius 3 is 2.67 bits per heavy atom. The quantitative estimate of drug-likeness (QED) is 0.686. The molecule has 0 amide bonds. The normalized spacial score (nSPS) is 24.4. The first-order chi connectivity index (χ1) is 12.9. The highest BCUT2D eigenvalue weighted by Gasteiger charge is 2.69. The molecule has 2 atom stereocenters. The van der Waals surface area contributed by atoms with Gasteiger partial charge in [-0.3, -0.25) is 0 Å². The van der Waals surface area contributed by atoms with E-state index in [0.717, 1.165) is 11.3 Å². The Labute approximate surface area is 155 Å². The number of benzene rings is 2. The van der Waals surface area contributed by atoms with Crippen LogP contribution in [-0.2, 0) is 0 Å². The van der Waals surface area contributed by atoms with E-state index < -0.39 is 17.8 Å². The number of hydrogen-bond donors (Lipinski definition) is 1. The number of hydrogen-bond acceptors (Lipinski definition) is 6. The number of aromatic nitrogens is 1. The Balaban J connectivity index is 1.71. The maximum atomic E-state index is 14.0. The molecule has 2 aliphatic rings. The monoisotopic (exact) mass is 391 g/mol. The van der Waals surface area contributed by atoms with Crippen LogP contribution >= 0.6 is 11.3 Å². The highest BCUT2D eigenvalue weighted by Crippen LogP contribution is 2.50. The summed E-state index contributed by atoms with van der Waals surface area (Å²) in [6, 6.07) is 13.7. The van der Waals surface area contributed by atoms with Gasteiger partial charge in [-0.25, -0.2) is 4.98 Å². The second-order valence-electron chi connectivity index (χ2n) is 6.34. The molecule has 3 heterocycles. The number of nitrogens with zero attached hydrogens (tertiary/aromatic N) is 3. The van der Waals surface area contributed by atoms with Crippen LogP contribution < -0.4 is 9.75 Å². The van der Waals surface area contributed by atoms with Crippen molar-refractivity contribution in [2.45, 2.75) is 11.9 Å². The second-order valence-corrected chi connectivity index (χ2v) is 7.35. The summed E-state index contributed by atoms with van der Waals surface area (Å²) < 4.78 is 48.3. The van der Waals surface area contributed by atoms with Crippen molar-refractivity contribution >= 4 is 32.4 Å². The number of alkyl halides is 3. The van der Waals surface area contributed by atoms with E-state index in [0.29, 0.717) is 26.5 Å². The highest BCUT2D eigenvalue weighted by atomic mass is 32.1. The third kappa shape index (κ3) is 2.21. The summed E-state index contributed by atoms with van der Waals surface area (Å²) in [5.74, 6) is -0.928. The number of thiazole rings is 1. The molecule has 0 saturated carbocycles. The minimum absolute atomic E-state index is 0.0181. The molecule has 138 valence electrons. The molecule has 1 N–H and O–H groups in total. The van der Waals surface area contributed by atoms with Crippen molar-refractivity contribution in [3.63, 3.8) is 0 Å². The molecule has 9 heteroatoms. The molecule has 0 aliphatic carbocycles. The van der Waals surface area contributed by atoms with E-state index in [4.69, 9.17) is 4.74 Å². The summed E-state index contributed by atoms with van der Waals surface area (Å²) in [6.45, 7) is -0.326. The smallest absolute Gasteiger partial charge is 0.439 e. The van der Waals surface area contributed by atoms with Gasteiger partial charge >= 0.3 is 6.18 Å². The Kier molecular flexibility index (Phi) is 3.32. The van der Waals surface area contributed by atoms with Gasteiger partial charge in [0.15, 0.2) is 0 Å². The van der Waals surface area contributed by atoms with Crippen molar-refractivity contribution in [1.29, 1.82) is 0 Å². The number of rotatable bonds is 1. The van der Waals surface area contributed by atoms with E-state index in [2.05, 4.69) is 10.1 Å². The lowest BCUT2D eigenvalue weighted by atomic mass is 9.86. The molecule has 0 radical (unpaired) electrons. The van der Waals surface area contributed by atoms with Gasteiger partial charge in [-0.05, 0) is 24.3 Å². The summed E-state index contributed by atoms with van der Waals surface area (Å²) in [5, 5.41) is 15.6. The molecule has 0 saturated heterocycles. The summed E-state index contributed by atoms with van der Waals surface area (Å²) >= 11 is 1.05. The van der Waals surface area contributed by atoms with Crippen molar-refractivity contribution in [1.82, 2.24) is 4.98 Å². The molecule has 0 bridgehead atoms. The van der Waals surface area contributed by atoms with Crippen LogP contribution in [0.3, 0.4) is 0 Å². The number of fused-ring (bicyclic) bond motifs is 4. The number of hydrazone groups is 1. The van der Waals surface area contributed by atoms with Crippen LogP contribution in [0.25, 0.3) is 10.2 Å². The van der Waals surface area contributed by atoms with E-state index in [1.807, 2.05) is 0 Å². The number of anilines is 1. The first-order valence-corrected chi connectivity index (χ1v) is 8.97. The molecule has 27 heavy (non-hydrogen) atoms. The number of para-hydroxylation sites is 2. The van der Waals surface area contributed by atoms with E-state index in [1.54, 1.807) is 48.5 Å². The van der Waals surface area contributed by atoms with Crippen LogP contribution in [-0.4, -0.2) is 34.3 Å². The number of halogens is 3. The third-order valence-corrected chi connectivity index (χ3v) is 5.81. The van der Waals surface area contributed by atoms with E-state index in [9.17, 15) is 18.3 Å². The van der Waals surface area contributed by atoms with Crippen molar-refractivity contribution in [3.05, 3.63) is 54.1 Å². The van der Waals surface area contributed by atoms with Gasteiger partial charge in [0.1, 0.15) is 12.4 Å². The summed E-state index contributed by atoms with van der Waals surface area (Å²) in [5.41, 5.74) is -2.09. The van der Waals surface area contributed by atoms with Crippen LogP contribution in [0.4, 0.5) is 18.3 Å². The van der Waals surface area contributed by atoms with Gasteiger partial charge in [-0.1, -0.05) is 35.6 Å². The fourth-order valence-electron chi connectivity index (χ4n) is 3.46. The zero-order chi connectivity index (χ0) is 18.8. The topological polar surface area (TPSA) is 58.0 Å². The van der Waals surface area contributed by atoms with Crippen LogP contribution in [0, 0.1) is 5.92 Å². The highest BCUT2D eigenvalue weighted by molar-refractivity contribution is 7.22. The third-order valence-electron chi connectivity index (χ3n) is 4.80. The van der Waals surface area contributed by atoms with Gasteiger partial charge in [0.05, 0.1) is 21.8 Å². The maximum absolute atomic E-state index is 14.0. The lowest BCUT2D eigenvalue weighted by molar-refractivity contribution is -0.270. The summed E-state index contributed by atoms with van der Waals surface area (Å²) in [4.78, 5) is 4.25. The van der Waals surface area contributed by atoms with Crippen molar-refractivity contribution in [3.8, 4) is 5.75 Å². The minimum Gasteiger partial charge on any atom is -0.492 e. The molecule has 5 nitrogen and oxygen atoms in total. The van der Waals surface area contributed by atoms with E-state index in [-0.39, 0.29) is 17.5 Å². The predicted octanol–water partition coefficient (Wildman–Crippen LogP) is 3.78. The average Bonchev–Trinajstić information content (AvgIpc) is 3.21. The lowest BCUT2D eigenvalue weighted by Gasteiger charge is -2.38. The molecule has 1 aromatic heterocycles. The maximum Gasteiger partial charge on any atom is 0.439 e. The Hall–Kier alpha value is -2.65. The molecule has 2 unspecified atom stereocenters. The Morgan fingerprint density at radius 2 is 1.89 bits per heavy atom. The molecule has 2 aromatic carbocycles. The largest absolute Gasteiger partial charge is 0.492 e. The standard InChI is InChI=1S/C18H12F3N3O2S/c19-18(20,21)17(25)11-9-26-13-7-3-1-5-10(13)15(11)23-24(17)16-22-12-6-2-4-8-14(12)27-16/h1-8,11,25H,9H2. The van der Waals surface area contributed by atoms with Gasteiger partial charge in [0.2, 0.25) is 5.13 Å². The predicted molar refractivity (Wildman–Crippen MR) is 95.1 cm³/mol. The Bertz CT molecular complexity index is 1050. The molecule has 5 rings (SSSR count). The van der Waals surface area contributed by atoms with Crippen LogP contribution in [0.5, 0.6) is 5.75 Å². The minimum atomic E-state index is -4.96. The molecular formula is C18H12F3N3O2S. The van der Waals surface area contributed by atoms with Gasteiger partial charge < -0.3 is 9.84 Å². The van der Waals surface area contributed by atoms with Crippen molar-refractivity contribution in [2.24, 2.45) is 11.0 Å². The van der Waals surface area contributed by atoms with Crippen LogP contribution in [0.15, 0.2) is 53.6 Å². The SMILES string of the molecule is OC1(C(F)(F)F)C2COc3ccccc3C2=NN1c1nc2ccccc2s1. The summed E-state index contributed by atoms with van der Waals surface area (Å²) in [7, 11) is 0. The lowest BCUT2D eigenvalue weighted by Crippen LogP contribution is -2.61. The second kappa shape index (κ2) is 5.43. The first kappa shape index (κ1) is 16.5.